The number of carboxylic acid groups (broad SMARTS) is 1. The van der Waals surface area contributed by atoms with E-state index in [1.165, 1.54) is 0 Å². The van der Waals surface area contributed by atoms with Crippen LogP contribution in [0.15, 0.2) is 10.9 Å². The van der Waals surface area contributed by atoms with Crippen molar-refractivity contribution in [3.05, 3.63) is 12.2 Å². The molecule has 1 heterocycles. The average Bonchev–Trinajstić information content (AvgIpc) is 2.66. The minimum Gasteiger partial charge on any atom is -0.481 e. The number of carboxylic acids is 1. The molecule has 15 heavy (non-hydrogen) atoms. The lowest BCUT2D eigenvalue weighted by molar-refractivity contribution is -0.136. The van der Waals surface area contributed by atoms with Gasteiger partial charge in [-0.2, -0.15) is 4.98 Å². The Labute approximate surface area is 84.7 Å². The van der Waals surface area contributed by atoms with Crippen LogP contribution in [0.3, 0.4) is 0 Å². The molecule has 82 valence electrons. The molecule has 0 aliphatic rings. The van der Waals surface area contributed by atoms with Gasteiger partial charge in [0.1, 0.15) is 0 Å². The number of nitrogens with one attached hydrogen (secondary N) is 2. The molecule has 0 saturated heterocycles. The van der Waals surface area contributed by atoms with Gasteiger partial charge in [-0.3, -0.25) is 4.79 Å². The van der Waals surface area contributed by atoms with Crippen molar-refractivity contribution in [2.75, 3.05) is 6.54 Å². The van der Waals surface area contributed by atoms with Crippen LogP contribution in [0.1, 0.15) is 12.2 Å². The lowest BCUT2D eigenvalue weighted by Gasteiger charge is -2.03. The van der Waals surface area contributed by atoms with Crippen molar-refractivity contribution in [3.8, 4) is 0 Å². The van der Waals surface area contributed by atoms with Crippen molar-refractivity contribution < 1.29 is 19.2 Å². The number of rotatable bonds is 5. The summed E-state index contributed by atoms with van der Waals surface area (Å²) in [5.41, 5.74) is 0. The standard InChI is InChI=1S/C7H10N4O4/c12-6(13)1-2-8-7(14)9-3-5-10-4-15-11-5/h4H,1-3H2,(H,12,13)(H2,8,9,14). The molecule has 0 aliphatic heterocycles. The minimum atomic E-state index is -0.964. The molecule has 0 radical (unpaired) electrons. The summed E-state index contributed by atoms with van der Waals surface area (Å²) in [6, 6.07) is -0.471. The summed E-state index contributed by atoms with van der Waals surface area (Å²) in [5, 5.41) is 16.6. The molecule has 0 aromatic carbocycles. The van der Waals surface area contributed by atoms with Crippen LogP contribution in [0.5, 0.6) is 0 Å². The lowest BCUT2D eigenvalue weighted by atomic mass is 10.4. The van der Waals surface area contributed by atoms with E-state index in [4.69, 9.17) is 5.11 Å². The fourth-order valence-electron chi connectivity index (χ4n) is 0.775. The Balaban J connectivity index is 2.11. The number of aliphatic carboxylic acids is 1. The summed E-state index contributed by atoms with van der Waals surface area (Å²) in [5.74, 6) is -0.614. The number of carbonyl (C=O) groups excluding carboxylic acids is 1. The van der Waals surface area contributed by atoms with Crippen molar-refractivity contribution in [3.63, 3.8) is 0 Å². The van der Waals surface area contributed by atoms with Crippen molar-refractivity contribution in [2.45, 2.75) is 13.0 Å². The van der Waals surface area contributed by atoms with Gasteiger partial charge in [0.05, 0.1) is 13.0 Å². The molecule has 0 spiro atoms. The first-order chi connectivity index (χ1) is 7.18. The van der Waals surface area contributed by atoms with E-state index in [-0.39, 0.29) is 19.5 Å². The van der Waals surface area contributed by atoms with Gasteiger partial charge in [-0.05, 0) is 0 Å². The van der Waals surface area contributed by atoms with E-state index in [2.05, 4.69) is 25.3 Å². The summed E-state index contributed by atoms with van der Waals surface area (Å²) in [7, 11) is 0. The number of urea groups is 1. The van der Waals surface area contributed by atoms with Gasteiger partial charge in [0.2, 0.25) is 6.39 Å². The molecule has 2 amide bonds. The van der Waals surface area contributed by atoms with E-state index >= 15 is 0 Å². The zero-order valence-corrected chi connectivity index (χ0v) is 7.77. The summed E-state index contributed by atoms with van der Waals surface area (Å²) < 4.78 is 4.45. The molecular weight excluding hydrogens is 204 g/mol. The predicted octanol–water partition coefficient (Wildman–Crippen LogP) is -0.656. The third-order valence-corrected chi connectivity index (χ3v) is 1.44. The minimum absolute atomic E-state index is 0.0768. The van der Waals surface area contributed by atoms with Gasteiger partial charge in [0.15, 0.2) is 5.82 Å². The summed E-state index contributed by atoms with van der Waals surface area (Å²) in [6.07, 6.45) is 1.04. The number of hydrogen-bond donors (Lipinski definition) is 3. The normalized spacial score (nSPS) is 9.60. The Morgan fingerprint density at radius 1 is 1.47 bits per heavy atom. The highest BCUT2D eigenvalue weighted by atomic mass is 16.5. The molecule has 0 fully saturated rings. The van der Waals surface area contributed by atoms with Crippen LogP contribution in [-0.4, -0.2) is 33.8 Å². The van der Waals surface area contributed by atoms with Gasteiger partial charge in [0, 0.05) is 6.54 Å². The van der Waals surface area contributed by atoms with E-state index in [0.717, 1.165) is 6.39 Å². The fraction of sp³-hybridized carbons (Fsp3) is 0.429. The SMILES string of the molecule is O=C(O)CCNC(=O)NCc1ncon1. The molecule has 0 unspecified atom stereocenters. The van der Waals surface area contributed by atoms with Crippen LogP contribution in [0.25, 0.3) is 0 Å². The molecule has 0 aliphatic carbocycles. The first kappa shape index (κ1) is 11.0. The maximum absolute atomic E-state index is 11.0. The molecule has 8 nitrogen and oxygen atoms in total. The smallest absolute Gasteiger partial charge is 0.315 e. The zero-order valence-electron chi connectivity index (χ0n) is 7.77. The topological polar surface area (TPSA) is 117 Å². The van der Waals surface area contributed by atoms with Gasteiger partial charge in [-0.1, -0.05) is 5.16 Å². The highest BCUT2D eigenvalue weighted by Gasteiger charge is 2.03. The monoisotopic (exact) mass is 214 g/mol. The quantitative estimate of drug-likeness (QED) is 0.599. The Kier molecular flexibility index (Phi) is 4.07. The molecule has 0 saturated carbocycles. The highest BCUT2D eigenvalue weighted by molar-refractivity contribution is 5.74. The number of carbonyl (C=O) groups is 2. The molecule has 1 aromatic rings. The molecular formula is C7H10N4O4. The number of hydrogen-bond acceptors (Lipinski definition) is 5. The second kappa shape index (κ2) is 5.58. The first-order valence-corrected chi connectivity index (χ1v) is 4.17. The summed E-state index contributed by atoms with van der Waals surface area (Å²) in [6.45, 7) is 0.211. The highest BCUT2D eigenvalue weighted by Crippen LogP contribution is 1.86. The van der Waals surface area contributed by atoms with Gasteiger partial charge in [-0.25, -0.2) is 4.79 Å². The van der Waals surface area contributed by atoms with Crippen LogP contribution in [0, 0.1) is 0 Å². The molecule has 1 aromatic heterocycles. The number of nitrogens with zero attached hydrogens (tertiary/aromatic N) is 2. The van der Waals surface area contributed by atoms with Gasteiger partial charge in [-0.15, -0.1) is 0 Å². The molecule has 0 atom stereocenters. The predicted molar refractivity (Wildman–Crippen MR) is 46.8 cm³/mol. The largest absolute Gasteiger partial charge is 0.481 e. The van der Waals surface area contributed by atoms with E-state index in [0.29, 0.717) is 5.82 Å². The number of aromatic nitrogens is 2. The van der Waals surface area contributed by atoms with Crippen LogP contribution in [0.4, 0.5) is 4.79 Å². The van der Waals surface area contributed by atoms with Crippen LogP contribution >= 0.6 is 0 Å². The Morgan fingerprint density at radius 2 is 2.27 bits per heavy atom. The van der Waals surface area contributed by atoms with Crippen LogP contribution < -0.4 is 10.6 Å². The number of amides is 2. The third kappa shape index (κ3) is 4.60. The van der Waals surface area contributed by atoms with Gasteiger partial charge < -0.3 is 20.3 Å². The van der Waals surface area contributed by atoms with E-state index in [9.17, 15) is 9.59 Å². The molecule has 0 bridgehead atoms. The molecule has 3 N–H and O–H groups in total. The Hall–Kier alpha value is -2.12. The second-order valence-electron chi connectivity index (χ2n) is 2.60. The van der Waals surface area contributed by atoms with Gasteiger partial charge in [0.25, 0.3) is 0 Å². The summed E-state index contributed by atoms with van der Waals surface area (Å²) in [4.78, 5) is 24.8. The summed E-state index contributed by atoms with van der Waals surface area (Å²) >= 11 is 0. The van der Waals surface area contributed by atoms with E-state index in [1.54, 1.807) is 0 Å². The average molecular weight is 214 g/mol. The van der Waals surface area contributed by atoms with Gasteiger partial charge >= 0.3 is 12.0 Å². The molecule has 1 rings (SSSR count). The first-order valence-electron chi connectivity index (χ1n) is 4.17. The maximum atomic E-state index is 11.0. The maximum Gasteiger partial charge on any atom is 0.315 e. The van der Waals surface area contributed by atoms with E-state index < -0.39 is 12.0 Å². The Morgan fingerprint density at radius 3 is 2.87 bits per heavy atom. The molecule has 8 heteroatoms. The second-order valence-corrected chi connectivity index (χ2v) is 2.60. The third-order valence-electron chi connectivity index (χ3n) is 1.44. The Bertz CT molecular complexity index is 324. The zero-order chi connectivity index (χ0) is 11.1. The van der Waals surface area contributed by atoms with E-state index in [1.807, 2.05) is 0 Å². The van der Waals surface area contributed by atoms with Crippen molar-refractivity contribution in [1.29, 1.82) is 0 Å². The van der Waals surface area contributed by atoms with Crippen molar-refractivity contribution >= 4 is 12.0 Å². The fourth-order valence-corrected chi connectivity index (χ4v) is 0.775. The van der Waals surface area contributed by atoms with Crippen molar-refractivity contribution in [2.24, 2.45) is 0 Å². The lowest BCUT2D eigenvalue weighted by Crippen LogP contribution is -2.36. The van der Waals surface area contributed by atoms with Crippen LogP contribution in [-0.2, 0) is 11.3 Å². The van der Waals surface area contributed by atoms with Crippen molar-refractivity contribution in [1.82, 2.24) is 20.8 Å². The van der Waals surface area contributed by atoms with Crippen LogP contribution in [0.2, 0.25) is 0 Å².